The van der Waals surface area contributed by atoms with Crippen molar-refractivity contribution >= 4 is 0 Å². The summed E-state index contributed by atoms with van der Waals surface area (Å²) in [5, 5.41) is 0. The van der Waals surface area contributed by atoms with Crippen LogP contribution in [0.4, 0.5) is 0 Å². The second kappa shape index (κ2) is 6.65. The lowest BCUT2D eigenvalue weighted by Gasteiger charge is -2.14. The van der Waals surface area contributed by atoms with Crippen molar-refractivity contribution in [1.82, 2.24) is 5.48 Å². The molecule has 0 saturated heterocycles. The van der Waals surface area contributed by atoms with Crippen molar-refractivity contribution in [3.05, 3.63) is 30.5 Å². The van der Waals surface area contributed by atoms with Gasteiger partial charge < -0.3 is 19.0 Å². The summed E-state index contributed by atoms with van der Waals surface area (Å²) in [4.78, 5) is 4.84. The van der Waals surface area contributed by atoms with E-state index in [0.29, 0.717) is 23.8 Å². The highest BCUT2D eigenvalue weighted by Gasteiger charge is 2.12. The van der Waals surface area contributed by atoms with E-state index in [9.17, 15) is 0 Å². The molecule has 0 aliphatic rings. The Bertz CT molecular complexity index is 354. The van der Waals surface area contributed by atoms with E-state index in [1.165, 1.54) is 6.26 Å². The SMILES string of the molecule is C=CONCc1cc(OC)c(OC)c(OC)c1. The molecule has 0 amide bonds. The molecule has 0 bridgehead atoms. The Kier molecular flexibility index (Phi) is 5.16. The summed E-state index contributed by atoms with van der Waals surface area (Å²) in [6, 6.07) is 3.70. The van der Waals surface area contributed by atoms with Gasteiger partial charge >= 0.3 is 0 Å². The number of hydrogen-bond acceptors (Lipinski definition) is 5. The van der Waals surface area contributed by atoms with Crippen LogP contribution in [0.3, 0.4) is 0 Å². The summed E-state index contributed by atoms with van der Waals surface area (Å²) >= 11 is 0. The molecule has 0 radical (unpaired) electrons. The van der Waals surface area contributed by atoms with Crippen molar-refractivity contribution in [2.75, 3.05) is 21.3 Å². The first-order chi connectivity index (χ1) is 8.26. The van der Waals surface area contributed by atoms with Gasteiger partial charge in [0.05, 0.1) is 27.9 Å². The molecule has 0 unspecified atom stereocenters. The van der Waals surface area contributed by atoms with Gasteiger partial charge in [-0.1, -0.05) is 6.58 Å². The maximum atomic E-state index is 5.23. The number of rotatable bonds is 7. The van der Waals surface area contributed by atoms with Gasteiger partial charge in [-0.2, -0.15) is 5.48 Å². The Labute approximate surface area is 101 Å². The molecule has 94 valence electrons. The predicted molar refractivity (Wildman–Crippen MR) is 64.2 cm³/mol. The number of ether oxygens (including phenoxy) is 3. The van der Waals surface area contributed by atoms with Gasteiger partial charge in [0.1, 0.15) is 6.26 Å². The van der Waals surface area contributed by atoms with Gasteiger partial charge in [-0.3, -0.25) is 0 Å². The van der Waals surface area contributed by atoms with E-state index in [4.69, 9.17) is 19.0 Å². The number of nitrogens with one attached hydrogen (secondary N) is 1. The minimum atomic E-state index is 0.503. The highest BCUT2D eigenvalue weighted by atomic mass is 16.6. The average molecular weight is 239 g/mol. The molecule has 0 aromatic heterocycles. The van der Waals surface area contributed by atoms with Crippen LogP contribution in [-0.4, -0.2) is 21.3 Å². The molecule has 5 heteroatoms. The lowest BCUT2D eigenvalue weighted by Crippen LogP contribution is -2.10. The van der Waals surface area contributed by atoms with Crippen LogP contribution in [0.5, 0.6) is 17.2 Å². The van der Waals surface area contributed by atoms with E-state index < -0.39 is 0 Å². The first-order valence-corrected chi connectivity index (χ1v) is 5.05. The Morgan fingerprint density at radius 3 is 2.12 bits per heavy atom. The van der Waals surface area contributed by atoms with Gasteiger partial charge in [-0.15, -0.1) is 0 Å². The van der Waals surface area contributed by atoms with Crippen LogP contribution in [0, 0.1) is 0 Å². The molecule has 17 heavy (non-hydrogen) atoms. The molecule has 0 heterocycles. The van der Waals surface area contributed by atoms with Gasteiger partial charge in [0.25, 0.3) is 0 Å². The Hall–Kier alpha value is -1.88. The maximum absolute atomic E-state index is 5.23. The molecule has 1 aromatic rings. The number of hydroxylamine groups is 1. The third-order valence-electron chi connectivity index (χ3n) is 2.17. The largest absolute Gasteiger partial charge is 0.493 e. The van der Waals surface area contributed by atoms with Crippen molar-refractivity contribution in [3.8, 4) is 17.2 Å². The summed E-state index contributed by atoms with van der Waals surface area (Å²) in [6.07, 6.45) is 1.32. The van der Waals surface area contributed by atoms with E-state index in [-0.39, 0.29) is 0 Å². The van der Waals surface area contributed by atoms with Crippen molar-refractivity contribution in [1.29, 1.82) is 0 Å². The summed E-state index contributed by atoms with van der Waals surface area (Å²) in [5.41, 5.74) is 3.67. The van der Waals surface area contributed by atoms with Gasteiger partial charge in [-0.25, -0.2) is 0 Å². The zero-order valence-corrected chi connectivity index (χ0v) is 10.3. The fraction of sp³-hybridized carbons (Fsp3) is 0.333. The summed E-state index contributed by atoms with van der Waals surface area (Å²) < 4.78 is 15.7. The Morgan fingerprint density at radius 1 is 1.12 bits per heavy atom. The first-order valence-electron chi connectivity index (χ1n) is 5.05. The number of methoxy groups -OCH3 is 3. The lowest BCUT2D eigenvalue weighted by molar-refractivity contribution is 0.130. The fourth-order valence-corrected chi connectivity index (χ4v) is 1.42. The minimum Gasteiger partial charge on any atom is -0.493 e. The van der Waals surface area contributed by atoms with Crippen LogP contribution in [0.1, 0.15) is 5.56 Å². The summed E-state index contributed by atoms with van der Waals surface area (Å²) in [6.45, 7) is 3.94. The van der Waals surface area contributed by atoms with Gasteiger partial charge in [-0.05, 0) is 17.7 Å². The van der Waals surface area contributed by atoms with Crippen LogP contribution in [0.2, 0.25) is 0 Å². The van der Waals surface area contributed by atoms with E-state index >= 15 is 0 Å². The number of hydrogen-bond donors (Lipinski definition) is 1. The Morgan fingerprint density at radius 2 is 1.71 bits per heavy atom. The van der Waals surface area contributed by atoms with Crippen molar-refractivity contribution in [2.24, 2.45) is 0 Å². The predicted octanol–water partition coefficient (Wildman–Crippen LogP) is 1.88. The third-order valence-corrected chi connectivity index (χ3v) is 2.17. The molecule has 5 nitrogen and oxygen atoms in total. The van der Waals surface area contributed by atoms with Crippen LogP contribution >= 0.6 is 0 Å². The van der Waals surface area contributed by atoms with Gasteiger partial charge in [0, 0.05) is 0 Å². The van der Waals surface area contributed by atoms with Crippen LogP contribution in [-0.2, 0) is 11.4 Å². The van der Waals surface area contributed by atoms with E-state index in [2.05, 4.69) is 12.1 Å². The van der Waals surface area contributed by atoms with Gasteiger partial charge in [0.15, 0.2) is 11.5 Å². The van der Waals surface area contributed by atoms with Crippen molar-refractivity contribution < 1.29 is 19.0 Å². The molecule has 0 saturated carbocycles. The second-order valence-electron chi connectivity index (χ2n) is 3.14. The molecule has 0 atom stereocenters. The molecule has 1 aromatic carbocycles. The first kappa shape index (κ1) is 13.2. The molecule has 0 fully saturated rings. The summed E-state index contributed by atoms with van der Waals surface area (Å²) in [5.74, 6) is 1.80. The smallest absolute Gasteiger partial charge is 0.203 e. The zero-order valence-electron chi connectivity index (χ0n) is 10.3. The quantitative estimate of drug-likeness (QED) is 0.447. The fourth-order valence-electron chi connectivity index (χ4n) is 1.42. The third kappa shape index (κ3) is 3.29. The average Bonchev–Trinajstić information content (AvgIpc) is 2.37. The van der Waals surface area contributed by atoms with Crippen molar-refractivity contribution in [3.63, 3.8) is 0 Å². The highest BCUT2D eigenvalue weighted by Crippen LogP contribution is 2.38. The monoisotopic (exact) mass is 239 g/mol. The molecule has 1 N–H and O–H groups in total. The van der Waals surface area contributed by atoms with E-state index in [0.717, 1.165) is 5.56 Å². The molecule has 1 rings (SSSR count). The van der Waals surface area contributed by atoms with Crippen LogP contribution < -0.4 is 19.7 Å². The normalized spacial score (nSPS) is 9.59. The van der Waals surface area contributed by atoms with Gasteiger partial charge in [0.2, 0.25) is 5.75 Å². The minimum absolute atomic E-state index is 0.503. The number of benzene rings is 1. The van der Waals surface area contributed by atoms with Crippen LogP contribution in [0.25, 0.3) is 0 Å². The standard InChI is InChI=1S/C12H17NO4/c1-5-17-13-8-9-6-10(14-2)12(16-4)11(7-9)15-3/h5-7,13H,1,8H2,2-4H3. The molecular weight excluding hydrogens is 222 g/mol. The van der Waals surface area contributed by atoms with Crippen molar-refractivity contribution in [2.45, 2.75) is 6.54 Å². The molecule has 0 aliphatic heterocycles. The van der Waals surface area contributed by atoms with Crippen LogP contribution in [0.15, 0.2) is 25.0 Å². The molecule has 0 spiro atoms. The summed E-state index contributed by atoms with van der Waals surface area (Å²) in [7, 11) is 4.72. The second-order valence-corrected chi connectivity index (χ2v) is 3.14. The van der Waals surface area contributed by atoms with E-state index in [1.807, 2.05) is 12.1 Å². The molecule has 0 aliphatic carbocycles. The Balaban J connectivity index is 2.96. The lowest BCUT2D eigenvalue weighted by atomic mass is 10.2. The zero-order chi connectivity index (χ0) is 12.7. The maximum Gasteiger partial charge on any atom is 0.203 e. The van der Waals surface area contributed by atoms with E-state index in [1.54, 1.807) is 21.3 Å². The molecular formula is C12H17NO4. The topological polar surface area (TPSA) is 49.0 Å². The highest BCUT2D eigenvalue weighted by molar-refractivity contribution is 5.53.